The highest BCUT2D eigenvalue weighted by molar-refractivity contribution is 7.86. The van der Waals surface area contributed by atoms with E-state index in [1.54, 1.807) is 6.92 Å². The zero-order valence-electron chi connectivity index (χ0n) is 13.2. The van der Waals surface area contributed by atoms with E-state index >= 15 is 0 Å². The fraction of sp³-hybridized carbons (Fsp3) is 0.375. The minimum Gasteiger partial charge on any atom is -0.501 e. The van der Waals surface area contributed by atoms with Crippen molar-refractivity contribution < 1.29 is 26.9 Å². The number of ketones is 2. The van der Waals surface area contributed by atoms with Crippen LogP contribution in [-0.4, -0.2) is 32.8 Å². The summed E-state index contributed by atoms with van der Waals surface area (Å²) in [6.45, 7) is 2.06. The van der Waals surface area contributed by atoms with Crippen molar-refractivity contribution in [1.82, 2.24) is 0 Å². The first kappa shape index (κ1) is 18.5. The Labute approximate surface area is 145 Å². The lowest BCUT2D eigenvalue weighted by atomic mass is 9.98. The fourth-order valence-corrected chi connectivity index (χ4v) is 2.72. The fourth-order valence-electron chi connectivity index (χ4n) is 2.01. The number of carbonyl (C=O) groups is 2. The Hall–Kier alpha value is -1.86. The summed E-state index contributed by atoms with van der Waals surface area (Å²) in [6.07, 6.45) is 3.58. The third kappa shape index (κ3) is 4.82. The first-order valence-corrected chi connectivity index (χ1v) is 9.52. The molecule has 1 fully saturated rings. The normalized spacial score (nSPS) is 15.0. The summed E-state index contributed by atoms with van der Waals surface area (Å²) in [5.41, 5.74) is 0.0236. The smallest absolute Gasteiger partial charge is 0.306 e. The Morgan fingerprint density at radius 2 is 2.00 bits per heavy atom. The molecule has 8 heteroatoms. The second-order valence-corrected chi connectivity index (χ2v) is 7.37. The van der Waals surface area contributed by atoms with E-state index in [1.807, 2.05) is 0 Å². The van der Waals surface area contributed by atoms with Gasteiger partial charge < -0.3 is 8.92 Å². The third-order valence-electron chi connectivity index (χ3n) is 3.26. The van der Waals surface area contributed by atoms with Gasteiger partial charge in [-0.3, -0.25) is 9.59 Å². The van der Waals surface area contributed by atoms with E-state index in [0.717, 1.165) is 19.1 Å². The molecule has 1 aromatic carbocycles. The predicted molar refractivity (Wildman–Crippen MR) is 88.7 cm³/mol. The summed E-state index contributed by atoms with van der Waals surface area (Å²) in [7, 11) is -3.70. The van der Waals surface area contributed by atoms with Crippen LogP contribution in [0.2, 0.25) is 5.02 Å². The van der Waals surface area contributed by atoms with Crippen LogP contribution < -0.4 is 4.18 Å². The average Bonchev–Trinajstić information content (AvgIpc) is 3.30. The number of rotatable bonds is 8. The molecule has 2 rings (SSSR count). The van der Waals surface area contributed by atoms with Gasteiger partial charge in [0.1, 0.15) is 11.3 Å². The average molecular weight is 373 g/mol. The van der Waals surface area contributed by atoms with Gasteiger partial charge in [0.15, 0.2) is 5.78 Å². The number of Topliss-reactive ketones (excluding diaryl/α,β-unsaturated/α-hetero) is 2. The van der Waals surface area contributed by atoms with E-state index in [-0.39, 0.29) is 33.6 Å². The lowest BCUT2D eigenvalue weighted by Gasteiger charge is -2.09. The molecule has 0 N–H and O–H groups in total. The highest BCUT2D eigenvalue weighted by atomic mass is 35.5. The van der Waals surface area contributed by atoms with E-state index in [9.17, 15) is 18.0 Å². The quantitative estimate of drug-likeness (QED) is 0.174. The summed E-state index contributed by atoms with van der Waals surface area (Å²) in [5, 5.41) is -0.00727. The standard InChI is InChI=1S/C16H17ClO6S/c1-3-22-9-13(15(18)10-4-5-10)16(19)12-7-6-11(8-14(12)17)23-24(2,20)21/h6-10H,3-5H2,1-2H3/b13-9-. The van der Waals surface area contributed by atoms with Crippen molar-refractivity contribution in [2.45, 2.75) is 19.8 Å². The van der Waals surface area contributed by atoms with E-state index < -0.39 is 15.9 Å². The molecule has 0 spiro atoms. The Morgan fingerprint density at radius 1 is 1.33 bits per heavy atom. The molecule has 1 aliphatic rings. The predicted octanol–water partition coefficient (Wildman–Crippen LogP) is 2.76. The largest absolute Gasteiger partial charge is 0.501 e. The highest BCUT2D eigenvalue weighted by Gasteiger charge is 2.35. The molecule has 0 amide bonds. The number of halogens is 1. The second kappa shape index (κ2) is 7.36. The van der Waals surface area contributed by atoms with Gasteiger partial charge in [0.25, 0.3) is 0 Å². The van der Waals surface area contributed by atoms with Crippen LogP contribution >= 0.6 is 11.6 Å². The molecule has 0 atom stereocenters. The molecule has 1 aliphatic carbocycles. The molecule has 130 valence electrons. The summed E-state index contributed by atoms with van der Waals surface area (Å²) < 4.78 is 32.1. The van der Waals surface area contributed by atoms with Crippen LogP contribution in [0.5, 0.6) is 5.75 Å². The summed E-state index contributed by atoms with van der Waals surface area (Å²) in [5.74, 6) is -0.979. The van der Waals surface area contributed by atoms with Crippen LogP contribution in [0.25, 0.3) is 0 Å². The SMILES string of the molecule is CCO/C=C(\C(=O)c1ccc(OS(C)(=O)=O)cc1Cl)C(=O)C1CC1. The molecule has 0 bridgehead atoms. The monoisotopic (exact) mass is 372 g/mol. The molecule has 0 radical (unpaired) electrons. The molecule has 0 heterocycles. The Morgan fingerprint density at radius 3 is 2.50 bits per heavy atom. The maximum Gasteiger partial charge on any atom is 0.306 e. The van der Waals surface area contributed by atoms with Gasteiger partial charge in [-0.25, -0.2) is 0 Å². The van der Waals surface area contributed by atoms with Crippen molar-refractivity contribution in [3.05, 3.63) is 40.6 Å². The molecule has 6 nitrogen and oxygen atoms in total. The zero-order valence-corrected chi connectivity index (χ0v) is 14.8. The number of ether oxygens (including phenoxy) is 1. The molecule has 1 saturated carbocycles. The van der Waals surface area contributed by atoms with Crippen LogP contribution in [0, 0.1) is 5.92 Å². The van der Waals surface area contributed by atoms with Crippen LogP contribution in [-0.2, 0) is 19.6 Å². The number of hydrogen-bond acceptors (Lipinski definition) is 6. The van der Waals surface area contributed by atoms with Crippen molar-refractivity contribution in [1.29, 1.82) is 0 Å². The Balaban J connectivity index is 2.30. The van der Waals surface area contributed by atoms with Gasteiger partial charge in [-0.05, 0) is 31.9 Å². The molecule has 24 heavy (non-hydrogen) atoms. The number of benzene rings is 1. The van der Waals surface area contributed by atoms with E-state index in [4.69, 9.17) is 20.5 Å². The highest BCUT2D eigenvalue weighted by Crippen LogP contribution is 2.34. The summed E-state index contributed by atoms with van der Waals surface area (Å²) in [6, 6.07) is 3.85. The van der Waals surface area contributed by atoms with Crippen molar-refractivity contribution in [3.63, 3.8) is 0 Å². The Bertz CT molecular complexity index is 793. The maximum absolute atomic E-state index is 12.6. The van der Waals surface area contributed by atoms with Gasteiger partial charge in [0.05, 0.1) is 24.1 Å². The summed E-state index contributed by atoms with van der Waals surface area (Å²) in [4.78, 5) is 24.9. The van der Waals surface area contributed by atoms with Gasteiger partial charge in [-0.1, -0.05) is 11.6 Å². The molecule has 0 unspecified atom stereocenters. The zero-order chi connectivity index (χ0) is 17.9. The lowest BCUT2D eigenvalue weighted by molar-refractivity contribution is -0.116. The first-order valence-electron chi connectivity index (χ1n) is 7.32. The maximum atomic E-state index is 12.6. The van der Waals surface area contributed by atoms with Crippen LogP contribution in [0.4, 0.5) is 0 Å². The minimum absolute atomic E-state index is 0.00727. The Kier molecular flexibility index (Phi) is 5.66. The van der Waals surface area contributed by atoms with Gasteiger partial charge in [0, 0.05) is 17.5 Å². The van der Waals surface area contributed by atoms with Gasteiger partial charge in [-0.2, -0.15) is 8.42 Å². The van der Waals surface area contributed by atoms with Gasteiger partial charge in [0.2, 0.25) is 5.78 Å². The van der Waals surface area contributed by atoms with Crippen LogP contribution in [0.15, 0.2) is 30.0 Å². The topological polar surface area (TPSA) is 86.7 Å². The minimum atomic E-state index is -3.70. The van der Waals surface area contributed by atoms with Gasteiger partial charge in [-0.15, -0.1) is 0 Å². The molecular formula is C16H17ClO6S. The number of carbonyl (C=O) groups excluding carboxylic acids is 2. The number of hydrogen-bond donors (Lipinski definition) is 0. The third-order valence-corrected chi connectivity index (χ3v) is 4.07. The number of allylic oxidation sites excluding steroid dienone is 1. The molecule has 0 aromatic heterocycles. The molecule has 0 saturated heterocycles. The molecule has 1 aromatic rings. The van der Waals surface area contributed by atoms with E-state index in [2.05, 4.69) is 0 Å². The lowest BCUT2D eigenvalue weighted by Crippen LogP contribution is -2.16. The van der Waals surface area contributed by atoms with Crippen LogP contribution in [0.3, 0.4) is 0 Å². The molecular weight excluding hydrogens is 356 g/mol. The molecule has 0 aliphatic heterocycles. The summed E-state index contributed by atoms with van der Waals surface area (Å²) >= 11 is 6.06. The van der Waals surface area contributed by atoms with Gasteiger partial charge >= 0.3 is 10.1 Å². The van der Waals surface area contributed by atoms with Crippen molar-refractivity contribution in [2.75, 3.05) is 12.9 Å². The van der Waals surface area contributed by atoms with E-state index in [1.165, 1.54) is 24.5 Å². The first-order chi connectivity index (χ1) is 11.2. The van der Waals surface area contributed by atoms with E-state index in [0.29, 0.717) is 6.61 Å². The van der Waals surface area contributed by atoms with Crippen molar-refractivity contribution in [3.8, 4) is 5.75 Å². The second-order valence-electron chi connectivity index (χ2n) is 5.38. The van der Waals surface area contributed by atoms with Crippen LogP contribution in [0.1, 0.15) is 30.1 Å². The van der Waals surface area contributed by atoms with Crippen molar-refractivity contribution in [2.24, 2.45) is 5.92 Å². The van der Waals surface area contributed by atoms with Crippen molar-refractivity contribution >= 4 is 33.3 Å².